The van der Waals surface area contributed by atoms with Crippen LogP contribution in [0, 0.1) is 6.92 Å². The second-order valence-corrected chi connectivity index (χ2v) is 8.72. The fraction of sp³-hybridized carbons (Fsp3) is 0.357. The number of Topliss-reactive ketones (excluding diaryl/α,β-unsaturated/α-hetero) is 1. The van der Waals surface area contributed by atoms with E-state index < -0.39 is 17.7 Å². The minimum atomic E-state index is -0.792. The van der Waals surface area contributed by atoms with Crippen LogP contribution in [0.25, 0.3) is 5.76 Å². The summed E-state index contributed by atoms with van der Waals surface area (Å²) in [5, 5.41) is 11.3. The van der Waals surface area contributed by atoms with E-state index in [-0.39, 0.29) is 11.3 Å². The van der Waals surface area contributed by atoms with Crippen LogP contribution >= 0.6 is 0 Å². The average Bonchev–Trinajstić information content (AvgIpc) is 3.11. The number of likely N-dealkylation sites (tertiary alicyclic amines) is 1. The Labute approximate surface area is 212 Å². The van der Waals surface area contributed by atoms with E-state index in [1.54, 1.807) is 42.5 Å². The summed E-state index contributed by atoms with van der Waals surface area (Å²) in [4.78, 5) is 29.8. The van der Waals surface area contributed by atoms with E-state index in [0.29, 0.717) is 54.7 Å². The number of ketones is 1. The molecule has 0 aliphatic carbocycles. The summed E-state index contributed by atoms with van der Waals surface area (Å²) in [7, 11) is 5.30. The number of carbonyl (C=O) groups excluding carboxylic acids is 2. The Kier molecular flexibility index (Phi) is 8.77. The molecule has 1 aliphatic rings. The van der Waals surface area contributed by atoms with Crippen molar-refractivity contribution in [3.63, 3.8) is 0 Å². The number of ether oxygens (including phenoxy) is 3. The van der Waals surface area contributed by atoms with Crippen LogP contribution < -0.4 is 14.2 Å². The van der Waals surface area contributed by atoms with Gasteiger partial charge in [0.2, 0.25) is 0 Å². The van der Waals surface area contributed by atoms with Crippen molar-refractivity contribution in [2.24, 2.45) is 0 Å². The number of benzene rings is 2. The summed E-state index contributed by atoms with van der Waals surface area (Å²) < 4.78 is 16.8. The zero-order valence-electron chi connectivity index (χ0n) is 21.5. The zero-order valence-corrected chi connectivity index (χ0v) is 21.5. The largest absolute Gasteiger partial charge is 0.507 e. The van der Waals surface area contributed by atoms with Gasteiger partial charge in [0.25, 0.3) is 11.7 Å². The summed E-state index contributed by atoms with van der Waals surface area (Å²) >= 11 is 0. The van der Waals surface area contributed by atoms with Gasteiger partial charge in [0, 0.05) is 18.7 Å². The minimum absolute atomic E-state index is 0.0316. The molecule has 1 heterocycles. The van der Waals surface area contributed by atoms with Crippen molar-refractivity contribution in [3.05, 3.63) is 71.3 Å². The molecule has 2 aromatic rings. The summed E-state index contributed by atoms with van der Waals surface area (Å²) in [5.74, 6) is 0.0310. The van der Waals surface area contributed by atoms with Gasteiger partial charge in [-0.3, -0.25) is 9.59 Å². The van der Waals surface area contributed by atoms with Crippen molar-refractivity contribution >= 4 is 17.4 Å². The molecule has 36 heavy (non-hydrogen) atoms. The highest BCUT2D eigenvalue weighted by molar-refractivity contribution is 6.46. The van der Waals surface area contributed by atoms with Gasteiger partial charge in [-0.1, -0.05) is 18.7 Å². The molecule has 1 atom stereocenters. The maximum Gasteiger partial charge on any atom is 0.295 e. The molecular formula is C28H34N2O6. The van der Waals surface area contributed by atoms with Gasteiger partial charge >= 0.3 is 0 Å². The summed E-state index contributed by atoms with van der Waals surface area (Å²) in [6.45, 7) is 9.08. The number of carbonyl (C=O) groups is 2. The van der Waals surface area contributed by atoms with Crippen molar-refractivity contribution in [2.45, 2.75) is 19.9 Å². The Hall–Kier alpha value is -3.78. The van der Waals surface area contributed by atoms with Gasteiger partial charge in [-0.25, -0.2) is 0 Å². The lowest BCUT2D eigenvalue weighted by Gasteiger charge is -2.27. The molecule has 0 aromatic heterocycles. The summed E-state index contributed by atoms with van der Waals surface area (Å²) in [6, 6.07) is 9.62. The van der Waals surface area contributed by atoms with Crippen LogP contribution in [-0.2, 0) is 9.59 Å². The second-order valence-electron chi connectivity index (χ2n) is 8.72. The van der Waals surface area contributed by atoms with Crippen LogP contribution in [0.5, 0.6) is 17.2 Å². The van der Waals surface area contributed by atoms with E-state index in [4.69, 9.17) is 14.2 Å². The van der Waals surface area contributed by atoms with Crippen LogP contribution in [0.1, 0.15) is 29.7 Å². The van der Waals surface area contributed by atoms with Crippen LogP contribution in [0.2, 0.25) is 0 Å². The number of likely N-dealkylation sites (N-methyl/N-ethyl adjacent to an activating group) is 1. The Morgan fingerprint density at radius 3 is 2.44 bits per heavy atom. The van der Waals surface area contributed by atoms with E-state index in [1.807, 2.05) is 32.8 Å². The number of nitrogens with zero attached hydrogens (tertiary/aromatic N) is 2. The van der Waals surface area contributed by atoms with Gasteiger partial charge in [0.15, 0.2) is 11.5 Å². The first-order valence-corrected chi connectivity index (χ1v) is 11.8. The lowest BCUT2D eigenvalue weighted by Crippen LogP contribution is -2.35. The number of aryl methyl sites for hydroxylation is 1. The number of methoxy groups -OCH3 is 1. The first kappa shape index (κ1) is 26.8. The van der Waals surface area contributed by atoms with Crippen molar-refractivity contribution in [3.8, 4) is 17.2 Å². The summed E-state index contributed by atoms with van der Waals surface area (Å²) in [5.41, 5.74) is 1.90. The lowest BCUT2D eigenvalue weighted by molar-refractivity contribution is -0.140. The molecule has 3 rings (SSSR count). The highest BCUT2D eigenvalue weighted by Gasteiger charge is 2.46. The lowest BCUT2D eigenvalue weighted by atomic mass is 9.94. The van der Waals surface area contributed by atoms with Crippen LogP contribution in [0.3, 0.4) is 0 Å². The molecule has 0 spiro atoms. The van der Waals surface area contributed by atoms with Crippen molar-refractivity contribution in [1.82, 2.24) is 9.80 Å². The predicted molar refractivity (Wildman–Crippen MR) is 139 cm³/mol. The maximum absolute atomic E-state index is 13.3. The molecule has 1 aliphatic heterocycles. The SMILES string of the molecule is C=CCOc1ccc(C2C(=C(O)c3ccc(OCC)c(C)c3)C(=O)C(=O)N2CCN(C)C)cc1OC. The molecule has 192 valence electrons. The molecule has 1 N–H and O–H groups in total. The third-order valence-corrected chi connectivity index (χ3v) is 5.94. The number of amides is 1. The maximum atomic E-state index is 13.3. The number of aliphatic hydroxyl groups excluding tert-OH is 1. The third kappa shape index (κ3) is 5.54. The predicted octanol–water partition coefficient (Wildman–Crippen LogP) is 3.95. The Balaban J connectivity index is 2.15. The molecule has 0 radical (unpaired) electrons. The van der Waals surface area contributed by atoms with E-state index in [0.717, 1.165) is 5.56 Å². The molecule has 0 saturated carbocycles. The molecule has 8 heteroatoms. The highest BCUT2D eigenvalue weighted by atomic mass is 16.5. The normalized spacial score (nSPS) is 16.9. The Morgan fingerprint density at radius 2 is 1.83 bits per heavy atom. The molecule has 2 aromatic carbocycles. The number of aliphatic hydroxyl groups is 1. The van der Waals surface area contributed by atoms with Gasteiger partial charge in [-0.05, 0) is 69.4 Å². The fourth-order valence-electron chi connectivity index (χ4n) is 4.16. The van der Waals surface area contributed by atoms with Gasteiger partial charge in [0.05, 0.1) is 25.3 Å². The molecule has 1 fully saturated rings. The molecule has 1 unspecified atom stereocenters. The van der Waals surface area contributed by atoms with E-state index >= 15 is 0 Å². The molecular weight excluding hydrogens is 460 g/mol. The zero-order chi connectivity index (χ0) is 26.4. The van der Waals surface area contributed by atoms with Crippen molar-refractivity contribution in [1.29, 1.82) is 0 Å². The van der Waals surface area contributed by atoms with Crippen molar-refractivity contribution in [2.75, 3.05) is 47.5 Å². The van der Waals surface area contributed by atoms with Gasteiger partial charge < -0.3 is 29.1 Å². The second kappa shape index (κ2) is 11.8. The van der Waals surface area contributed by atoms with Crippen LogP contribution in [-0.4, -0.2) is 74.1 Å². The Bertz CT molecular complexity index is 1170. The standard InChI is InChI=1S/C28H34N2O6/c1-7-15-36-22-12-9-19(17-23(22)34-6)25-24(27(32)28(33)30(25)14-13-29(4)5)26(31)20-10-11-21(35-8-2)18(3)16-20/h7,9-12,16-17,25,31H,1,8,13-15H2,2-6H3. The number of hydrogen-bond donors (Lipinski definition) is 1. The first-order valence-electron chi connectivity index (χ1n) is 11.8. The summed E-state index contributed by atoms with van der Waals surface area (Å²) in [6.07, 6.45) is 1.63. The van der Waals surface area contributed by atoms with Crippen LogP contribution in [0.4, 0.5) is 0 Å². The quantitative estimate of drug-likeness (QED) is 0.219. The monoisotopic (exact) mass is 494 g/mol. The third-order valence-electron chi connectivity index (χ3n) is 5.94. The van der Waals surface area contributed by atoms with Crippen molar-refractivity contribution < 1.29 is 28.9 Å². The average molecular weight is 495 g/mol. The molecule has 8 nitrogen and oxygen atoms in total. The Morgan fingerprint density at radius 1 is 1.11 bits per heavy atom. The van der Waals surface area contributed by atoms with E-state index in [2.05, 4.69) is 6.58 Å². The van der Waals surface area contributed by atoms with Gasteiger partial charge in [-0.2, -0.15) is 0 Å². The first-order chi connectivity index (χ1) is 17.2. The van der Waals surface area contributed by atoms with E-state index in [1.165, 1.54) is 12.0 Å². The molecule has 0 bridgehead atoms. The molecule has 1 saturated heterocycles. The van der Waals surface area contributed by atoms with Gasteiger partial charge in [0.1, 0.15) is 18.1 Å². The van der Waals surface area contributed by atoms with Gasteiger partial charge in [-0.15, -0.1) is 0 Å². The number of hydrogen-bond acceptors (Lipinski definition) is 7. The minimum Gasteiger partial charge on any atom is -0.507 e. The fourth-order valence-corrected chi connectivity index (χ4v) is 4.16. The molecule has 1 amide bonds. The topological polar surface area (TPSA) is 88.5 Å². The van der Waals surface area contributed by atoms with E-state index in [9.17, 15) is 14.7 Å². The van der Waals surface area contributed by atoms with Crippen LogP contribution in [0.15, 0.2) is 54.6 Å². The number of rotatable bonds is 11. The smallest absolute Gasteiger partial charge is 0.295 e. The highest BCUT2D eigenvalue weighted by Crippen LogP contribution is 2.42.